The van der Waals surface area contributed by atoms with E-state index in [1.165, 1.54) is 0 Å². The molecule has 0 rings (SSSR count). The van der Waals surface area contributed by atoms with Crippen LogP contribution in [0.3, 0.4) is 0 Å². The highest BCUT2D eigenvalue weighted by Crippen LogP contribution is 2.01. The van der Waals surface area contributed by atoms with E-state index in [2.05, 4.69) is 19.1 Å². The molecule has 0 radical (unpaired) electrons. The Morgan fingerprint density at radius 3 is 2.70 bits per heavy atom. The molecule has 0 aliphatic carbocycles. The molecule has 54 valence electrons. The number of nitrogens with zero attached hydrogens (tertiary/aromatic N) is 1. The summed E-state index contributed by atoms with van der Waals surface area (Å²) in [6, 6.07) is 2.11. The van der Waals surface area contributed by atoms with Crippen molar-refractivity contribution in [1.82, 2.24) is 0 Å². The number of hydrogen-bond acceptors (Lipinski definition) is 1. The first-order chi connectivity index (χ1) is 4.85. The third kappa shape index (κ3) is 3.91. The number of allylic oxidation sites excluding steroid dienone is 4. The Hall–Kier alpha value is -1.03. The lowest BCUT2D eigenvalue weighted by Gasteiger charge is -1.89. The van der Waals surface area contributed by atoms with Gasteiger partial charge in [0.1, 0.15) is 0 Å². The van der Waals surface area contributed by atoms with Crippen molar-refractivity contribution < 1.29 is 0 Å². The van der Waals surface area contributed by atoms with E-state index in [0.717, 1.165) is 12.0 Å². The largest absolute Gasteiger partial charge is 0.198 e. The molecule has 0 atom stereocenters. The number of rotatable bonds is 3. The highest BCUT2D eigenvalue weighted by atomic mass is 14.2. The van der Waals surface area contributed by atoms with E-state index in [-0.39, 0.29) is 0 Å². The second-order valence-corrected chi connectivity index (χ2v) is 2.01. The van der Waals surface area contributed by atoms with Gasteiger partial charge in [0.25, 0.3) is 0 Å². The summed E-state index contributed by atoms with van der Waals surface area (Å²) < 4.78 is 0. The minimum Gasteiger partial charge on any atom is -0.198 e. The van der Waals surface area contributed by atoms with Crippen molar-refractivity contribution >= 4 is 0 Å². The van der Waals surface area contributed by atoms with Crippen molar-refractivity contribution in [3.63, 3.8) is 0 Å². The smallest absolute Gasteiger partial charge is 0.0669 e. The van der Waals surface area contributed by atoms with Crippen molar-refractivity contribution in [2.45, 2.75) is 26.7 Å². The first-order valence-electron chi connectivity index (χ1n) is 3.53. The molecule has 0 bridgehead atoms. The summed E-state index contributed by atoms with van der Waals surface area (Å²) in [7, 11) is 0. The molecule has 0 aromatic rings. The fourth-order valence-electron chi connectivity index (χ4n) is 0.618. The van der Waals surface area contributed by atoms with Crippen LogP contribution in [0.1, 0.15) is 26.7 Å². The molecule has 0 aromatic carbocycles. The van der Waals surface area contributed by atoms with Gasteiger partial charge in [0.2, 0.25) is 0 Å². The first kappa shape index (κ1) is 8.97. The maximum absolute atomic E-state index is 8.34. The third-order valence-electron chi connectivity index (χ3n) is 1.22. The predicted molar refractivity (Wildman–Crippen MR) is 43.4 cm³/mol. The Morgan fingerprint density at radius 2 is 2.30 bits per heavy atom. The molecule has 0 aliphatic rings. The highest BCUT2D eigenvalue weighted by molar-refractivity contribution is 5.20. The Morgan fingerprint density at radius 1 is 1.60 bits per heavy atom. The minimum absolute atomic E-state index is 0.521. The Bertz CT molecular complexity index is 170. The van der Waals surface area contributed by atoms with E-state index in [1.54, 1.807) is 0 Å². The molecule has 10 heavy (non-hydrogen) atoms. The molecule has 0 fully saturated rings. The van der Waals surface area contributed by atoms with Gasteiger partial charge < -0.3 is 0 Å². The van der Waals surface area contributed by atoms with Gasteiger partial charge in [-0.25, -0.2) is 0 Å². The Kier molecular flexibility index (Phi) is 5.47. The molecular weight excluding hydrogens is 122 g/mol. The Labute approximate surface area is 62.7 Å². The van der Waals surface area contributed by atoms with Crippen molar-refractivity contribution in [2.24, 2.45) is 0 Å². The van der Waals surface area contributed by atoms with Gasteiger partial charge in [-0.2, -0.15) is 5.26 Å². The van der Waals surface area contributed by atoms with Gasteiger partial charge in [-0.05, 0) is 18.9 Å². The maximum Gasteiger partial charge on any atom is 0.0669 e. The van der Waals surface area contributed by atoms with E-state index < -0.39 is 0 Å². The van der Waals surface area contributed by atoms with Crippen LogP contribution >= 0.6 is 0 Å². The van der Waals surface area contributed by atoms with Gasteiger partial charge in [0.05, 0.1) is 12.5 Å². The lowest BCUT2D eigenvalue weighted by Crippen LogP contribution is -1.73. The maximum atomic E-state index is 8.34. The molecule has 0 saturated heterocycles. The van der Waals surface area contributed by atoms with E-state index in [1.807, 2.05) is 19.1 Å². The quantitative estimate of drug-likeness (QED) is 0.546. The second-order valence-electron chi connectivity index (χ2n) is 2.01. The average Bonchev–Trinajstić information content (AvgIpc) is 1.98. The summed E-state index contributed by atoms with van der Waals surface area (Å²) in [5, 5.41) is 8.34. The van der Waals surface area contributed by atoms with Gasteiger partial charge in [-0.3, -0.25) is 0 Å². The zero-order chi connectivity index (χ0) is 7.82. The summed E-state index contributed by atoms with van der Waals surface area (Å²) in [5.41, 5.74) is 1.10. The average molecular weight is 135 g/mol. The van der Waals surface area contributed by atoms with Gasteiger partial charge >= 0.3 is 0 Å². The van der Waals surface area contributed by atoms with E-state index in [9.17, 15) is 0 Å². The van der Waals surface area contributed by atoms with Crippen molar-refractivity contribution in [3.8, 4) is 6.07 Å². The van der Waals surface area contributed by atoms with Crippen LogP contribution in [0.15, 0.2) is 23.8 Å². The van der Waals surface area contributed by atoms with Crippen LogP contribution in [0.2, 0.25) is 0 Å². The predicted octanol–water partition coefficient (Wildman–Crippen LogP) is 2.81. The third-order valence-corrected chi connectivity index (χ3v) is 1.22. The summed E-state index contributed by atoms with van der Waals surface area (Å²) in [6.45, 7) is 4.03. The second kappa shape index (κ2) is 6.10. The van der Waals surface area contributed by atoms with E-state index in [4.69, 9.17) is 5.26 Å². The van der Waals surface area contributed by atoms with Crippen molar-refractivity contribution in [2.75, 3.05) is 0 Å². The molecule has 1 heteroatoms. The van der Waals surface area contributed by atoms with Gasteiger partial charge in [-0.15, -0.1) is 0 Å². The van der Waals surface area contributed by atoms with E-state index >= 15 is 0 Å². The lowest BCUT2D eigenvalue weighted by atomic mass is 10.2. The molecule has 1 nitrogen and oxygen atoms in total. The monoisotopic (exact) mass is 135 g/mol. The summed E-state index contributed by atoms with van der Waals surface area (Å²) in [4.78, 5) is 0. The van der Waals surface area contributed by atoms with Crippen LogP contribution in [0, 0.1) is 11.3 Å². The summed E-state index contributed by atoms with van der Waals surface area (Å²) >= 11 is 0. The number of hydrogen-bond donors (Lipinski definition) is 0. The zero-order valence-electron chi connectivity index (χ0n) is 6.59. The first-order valence-corrected chi connectivity index (χ1v) is 3.53. The molecule has 0 heterocycles. The van der Waals surface area contributed by atoms with E-state index in [0.29, 0.717) is 6.42 Å². The summed E-state index contributed by atoms with van der Waals surface area (Å²) in [6.07, 6.45) is 7.58. The van der Waals surface area contributed by atoms with Crippen LogP contribution in [0.5, 0.6) is 0 Å². The standard InChI is InChI=1S/C9H13N/c1-3-5-6-9(4-2)7-8-10/h4-6H,3,7H2,1-2H3. The molecule has 0 aromatic heterocycles. The van der Waals surface area contributed by atoms with Crippen molar-refractivity contribution in [1.29, 1.82) is 5.26 Å². The molecular formula is C9H13N. The summed E-state index contributed by atoms with van der Waals surface area (Å²) in [5.74, 6) is 0. The van der Waals surface area contributed by atoms with Gasteiger partial charge in [0, 0.05) is 0 Å². The van der Waals surface area contributed by atoms with Crippen LogP contribution < -0.4 is 0 Å². The van der Waals surface area contributed by atoms with Crippen LogP contribution in [0.25, 0.3) is 0 Å². The molecule has 0 saturated carbocycles. The van der Waals surface area contributed by atoms with Crippen LogP contribution in [0.4, 0.5) is 0 Å². The highest BCUT2D eigenvalue weighted by Gasteiger charge is 1.85. The Balaban J connectivity index is 3.87. The topological polar surface area (TPSA) is 23.8 Å². The minimum atomic E-state index is 0.521. The lowest BCUT2D eigenvalue weighted by molar-refractivity contribution is 1.20. The number of nitriles is 1. The van der Waals surface area contributed by atoms with Gasteiger partial charge in [-0.1, -0.05) is 25.2 Å². The molecule has 0 spiro atoms. The molecule has 0 N–H and O–H groups in total. The zero-order valence-corrected chi connectivity index (χ0v) is 6.59. The molecule has 0 amide bonds. The fourth-order valence-corrected chi connectivity index (χ4v) is 0.618. The molecule has 0 unspecified atom stereocenters. The van der Waals surface area contributed by atoms with Gasteiger partial charge in [0.15, 0.2) is 0 Å². The van der Waals surface area contributed by atoms with Crippen LogP contribution in [-0.4, -0.2) is 0 Å². The SMILES string of the molecule is CC=C(C=CCC)CC#N. The molecule has 0 aliphatic heterocycles. The van der Waals surface area contributed by atoms with Crippen molar-refractivity contribution in [3.05, 3.63) is 23.8 Å². The normalized spacial score (nSPS) is 11.9. The van der Waals surface area contributed by atoms with Crippen LogP contribution in [-0.2, 0) is 0 Å². The fraction of sp³-hybridized carbons (Fsp3) is 0.444.